The topological polar surface area (TPSA) is 44.1 Å². The first-order chi connectivity index (χ1) is 17.4. The molecule has 2 aromatic carbocycles. The Morgan fingerprint density at radius 3 is 2.69 bits per heavy atom. The monoisotopic (exact) mass is 494 g/mol. The number of methoxy groups -OCH3 is 1. The summed E-state index contributed by atoms with van der Waals surface area (Å²) >= 11 is 1.99. The van der Waals surface area contributed by atoms with Crippen LogP contribution in [0, 0.1) is 0 Å². The van der Waals surface area contributed by atoms with E-state index < -0.39 is 0 Å². The highest BCUT2D eigenvalue weighted by Gasteiger charge is 2.32. The second-order valence-electron chi connectivity index (χ2n) is 10.4. The first-order valence-electron chi connectivity index (χ1n) is 12.5. The minimum Gasteiger partial charge on any atom is -0.465 e. The molecule has 182 valence electrons. The van der Waals surface area contributed by atoms with Crippen molar-refractivity contribution in [3.8, 4) is 22.4 Å². The van der Waals surface area contributed by atoms with Crippen LogP contribution in [-0.2, 0) is 29.5 Å². The first kappa shape index (κ1) is 23.1. The van der Waals surface area contributed by atoms with Crippen LogP contribution >= 0.6 is 11.8 Å². The Bertz CT molecular complexity index is 1450. The number of pyridine rings is 1. The van der Waals surface area contributed by atoms with Crippen molar-refractivity contribution in [1.82, 2.24) is 9.55 Å². The third-order valence-corrected chi connectivity index (χ3v) is 8.75. The number of aryl methyl sites for hydroxylation is 1. The summed E-state index contributed by atoms with van der Waals surface area (Å²) in [6, 6.07) is 16.9. The van der Waals surface area contributed by atoms with E-state index in [0.717, 1.165) is 24.9 Å². The lowest BCUT2D eigenvalue weighted by molar-refractivity contribution is 0.0600. The number of ether oxygens (including phenoxy) is 1. The van der Waals surface area contributed by atoms with Crippen LogP contribution in [0.4, 0.5) is 0 Å². The van der Waals surface area contributed by atoms with Gasteiger partial charge in [-0.15, -0.1) is 11.8 Å². The number of carbonyl (C=O) groups excluding carboxylic acids is 1. The van der Waals surface area contributed by atoms with Gasteiger partial charge in [-0.1, -0.05) is 38.1 Å². The Labute approximate surface area is 216 Å². The molecule has 0 saturated carbocycles. The fourth-order valence-corrected chi connectivity index (χ4v) is 7.17. The maximum absolute atomic E-state index is 12.0. The van der Waals surface area contributed by atoms with E-state index in [1.54, 1.807) is 0 Å². The number of nitrogens with zero attached hydrogens (tertiary/aromatic N) is 2. The highest BCUT2D eigenvalue weighted by atomic mass is 32.2. The highest BCUT2D eigenvalue weighted by molar-refractivity contribution is 7.99. The van der Waals surface area contributed by atoms with E-state index in [9.17, 15) is 4.79 Å². The molecular weight excluding hydrogens is 464 g/mol. The highest BCUT2D eigenvalue weighted by Crippen LogP contribution is 2.48. The Morgan fingerprint density at radius 2 is 1.94 bits per heavy atom. The summed E-state index contributed by atoms with van der Waals surface area (Å²) in [5.74, 6) is 0.858. The van der Waals surface area contributed by atoms with E-state index in [-0.39, 0.29) is 11.4 Å². The largest absolute Gasteiger partial charge is 0.465 e. The molecule has 0 bridgehead atoms. The lowest BCUT2D eigenvalue weighted by atomic mass is 9.78. The van der Waals surface area contributed by atoms with Gasteiger partial charge in [-0.3, -0.25) is 4.98 Å². The van der Waals surface area contributed by atoms with Crippen molar-refractivity contribution in [3.05, 3.63) is 94.9 Å². The van der Waals surface area contributed by atoms with Gasteiger partial charge in [0.1, 0.15) is 0 Å². The molecule has 0 fully saturated rings. The summed E-state index contributed by atoms with van der Waals surface area (Å²) in [5, 5.41) is 0. The second-order valence-corrected chi connectivity index (χ2v) is 11.6. The number of thioether (sulfide) groups is 1. The van der Waals surface area contributed by atoms with E-state index in [1.807, 2.05) is 54.5 Å². The summed E-state index contributed by atoms with van der Waals surface area (Å²) < 4.78 is 7.29. The van der Waals surface area contributed by atoms with E-state index in [0.29, 0.717) is 5.56 Å². The van der Waals surface area contributed by atoms with E-state index in [4.69, 9.17) is 4.74 Å². The number of rotatable bonds is 4. The van der Waals surface area contributed by atoms with Crippen molar-refractivity contribution in [1.29, 1.82) is 0 Å². The predicted octanol–water partition coefficient (Wildman–Crippen LogP) is 6.92. The van der Waals surface area contributed by atoms with Crippen molar-refractivity contribution in [2.24, 2.45) is 0 Å². The van der Waals surface area contributed by atoms with E-state index in [1.165, 1.54) is 63.3 Å². The molecule has 0 saturated heterocycles. The van der Waals surface area contributed by atoms with Crippen LogP contribution in [0.3, 0.4) is 0 Å². The van der Waals surface area contributed by atoms with Gasteiger partial charge in [-0.2, -0.15) is 0 Å². The molecule has 0 radical (unpaired) electrons. The quantitative estimate of drug-likeness (QED) is 0.289. The number of fused-ring (bicyclic) bond motifs is 4. The fraction of sp³-hybridized carbons (Fsp3) is 0.290. The van der Waals surface area contributed by atoms with Crippen molar-refractivity contribution in [2.75, 3.05) is 12.9 Å². The zero-order chi connectivity index (χ0) is 24.9. The first-order valence-corrected chi connectivity index (χ1v) is 13.5. The third kappa shape index (κ3) is 3.96. The van der Waals surface area contributed by atoms with Crippen LogP contribution in [0.5, 0.6) is 0 Å². The van der Waals surface area contributed by atoms with Gasteiger partial charge in [0.25, 0.3) is 0 Å². The average Bonchev–Trinajstić information content (AvgIpc) is 3.26. The molecule has 0 N–H and O–H groups in total. The Hall–Kier alpha value is -3.31. The zero-order valence-corrected chi connectivity index (χ0v) is 21.8. The molecule has 0 unspecified atom stereocenters. The zero-order valence-electron chi connectivity index (χ0n) is 21.0. The Kier molecular flexibility index (Phi) is 5.76. The van der Waals surface area contributed by atoms with Crippen LogP contribution in [0.15, 0.2) is 72.0 Å². The Balaban J connectivity index is 1.51. The number of benzene rings is 2. The molecule has 2 aromatic heterocycles. The van der Waals surface area contributed by atoms with E-state index in [2.05, 4.69) is 47.8 Å². The van der Waals surface area contributed by atoms with Gasteiger partial charge in [0.05, 0.1) is 18.4 Å². The maximum atomic E-state index is 12.0. The summed E-state index contributed by atoms with van der Waals surface area (Å²) in [4.78, 5) is 17.7. The van der Waals surface area contributed by atoms with Gasteiger partial charge in [0, 0.05) is 41.2 Å². The summed E-state index contributed by atoms with van der Waals surface area (Å²) in [5.41, 5.74) is 11.4. The molecule has 6 rings (SSSR count). The lowest BCUT2D eigenvalue weighted by Gasteiger charge is -2.34. The number of esters is 1. The summed E-state index contributed by atoms with van der Waals surface area (Å²) in [6.07, 6.45) is 9.33. The molecule has 3 heterocycles. The van der Waals surface area contributed by atoms with Crippen molar-refractivity contribution >= 4 is 17.7 Å². The third-order valence-electron chi connectivity index (χ3n) is 7.69. The van der Waals surface area contributed by atoms with Gasteiger partial charge < -0.3 is 9.30 Å². The molecule has 36 heavy (non-hydrogen) atoms. The number of hydrogen-bond donors (Lipinski definition) is 0. The van der Waals surface area contributed by atoms with Gasteiger partial charge in [0.15, 0.2) is 0 Å². The number of hydrogen-bond acceptors (Lipinski definition) is 4. The summed E-state index contributed by atoms with van der Waals surface area (Å²) in [7, 11) is 1.42. The van der Waals surface area contributed by atoms with Crippen molar-refractivity contribution < 1.29 is 9.53 Å². The molecule has 1 aliphatic heterocycles. The minimum absolute atomic E-state index is 0.222. The van der Waals surface area contributed by atoms with E-state index >= 15 is 0 Å². The molecule has 1 aliphatic carbocycles. The minimum atomic E-state index is -0.308. The van der Waals surface area contributed by atoms with Crippen molar-refractivity contribution in [3.63, 3.8) is 0 Å². The molecule has 0 amide bonds. The fourth-order valence-electron chi connectivity index (χ4n) is 5.65. The number of carbonyl (C=O) groups is 1. The molecule has 4 aromatic rings. The smallest absolute Gasteiger partial charge is 0.337 e. The van der Waals surface area contributed by atoms with Gasteiger partial charge >= 0.3 is 5.97 Å². The molecule has 4 nitrogen and oxygen atoms in total. The van der Waals surface area contributed by atoms with Crippen LogP contribution in [0.1, 0.15) is 52.9 Å². The van der Waals surface area contributed by atoms with Crippen LogP contribution in [0.2, 0.25) is 0 Å². The molecule has 2 aliphatic rings. The van der Waals surface area contributed by atoms with Crippen LogP contribution in [-0.4, -0.2) is 28.4 Å². The maximum Gasteiger partial charge on any atom is 0.337 e. The second kappa shape index (κ2) is 8.97. The van der Waals surface area contributed by atoms with Crippen LogP contribution in [0.25, 0.3) is 22.4 Å². The van der Waals surface area contributed by atoms with Gasteiger partial charge in [0.2, 0.25) is 0 Å². The standard InChI is InChI=1S/C31H30N2O2S/c1-31(2)12-14-36-28-16-25-23(15-27(28)31)10-11-24-26(21-6-8-22(9-7-21)30(34)35-3)19-33(29(24)25)18-20-5-4-13-32-17-20/h4-9,13,15-17,19H,10-12,14,18H2,1-3H3. The van der Waals surface area contributed by atoms with Crippen molar-refractivity contribution in [2.45, 2.75) is 50.0 Å². The van der Waals surface area contributed by atoms with Crippen LogP contribution < -0.4 is 0 Å². The average molecular weight is 495 g/mol. The van der Waals surface area contributed by atoms with Gasteiger partial charge in [-0.25, -0.2) is 4.79 Å². The predicted molar refractivity (Wildman–Crippen MR) is 146 cm³/mol. The molecule has 0 spiro atoms. The SMILES string of the molecule is COC(=O)c1ccc(-c2cn(Cc3cccnc3)c3c2CCc2cc4c(cc2-3)SCCC4(C)C)cc1. The molecule has 5 heteroatoms. The normalized spacial score (nSPS) is 15.5. The Morgan fingerprint density at radius 1 is 1.11 bits per heavy atom. The lowest BCUT2D eigenvalue weighted by Crippen LogP contribution is -2.23. The van der Waals surface area contributed by atoms with Gasteiger partial charge in [-0.05, 0) is 82.5 Å². The molecule has 0 atom stereocenters. The summed E-state index contributed by atoms with van der Waals surface area (Å²) in [6.45, 7) is 5.53. The number of aromatic nitrogens is 2. The molecular formula is C31H30N2O2S.